The zero-order valence-electron chi connectivity index (χ0n) is 30.7. The molecule has 0 spiro atoms. The van der Waals surface area contributed by atoms with Crippen molar-refractivity contribution in [1.29, 1.82) is 0 Å². The molecule has 0 fully saturated rings. The number of benzene rings is 7. The summed E-state index contributed by atoms with van der Waals surface area (Å²) in [6, 6.07) is 69.9. The Bertz CT molecular complexity index is 3030. The molecule has 10 aromatic rings. The molecule has 0 saturated heterocycles. The van der Waals surface area contributed by atoms with Gasteiger partial charge in [0.1, 0.15) is 5.75 Å². The molecule has 0 aliphatic rings. The van der Waals surface area contributed by atoms with Gasteiger partial charge in [0.2, 0.25) is 0 Å². The van der Waals surface area contributed by atoms with Gasteiger partial charge in [0.05, 0.1) is 16.7 Å². The number of hydrogen-bond donors (Lipinski definition) is 1. The summed E-state index contributed by atoms with van der Waals surface area (Å²) >= 11 is 0. The number of rotatable bonds is 7. The molecular weight excluding hydrogens is 878 g/mol. The first kappa shape index (κ1) is 35.8. The normalized spacial score (nSPS) is 11.1. The maximum Gasteiger partial charge on any atom is 0.132 e. The zero-order chi connectivity index (χ0) is 37.4. The van der Waals surface area contributed by atoms with Crippen LogP contribution in [0.3, 0.4) is 0 Å². The summed E-state index contributed by atoms with van der Waals surface area (Å²) in [5.41, 5.74) is 14.0. The Balaban J connectivity index is 0.00000422. The predicted octanol–water partition coefficient (Wildman–Crippen LogP) is 13.1. The van der Waals surface area contributed by atoms with E-state index in [1.54, 1.807) is 0 Å². The molecule has 57 heavy (non-hydrogen) atoms. The smallest absolute Gasteiger partial charge is 0.132 e. The maximum absolute atomic E-state index is 11.7. The molecule has 0 bridgehead atoms. The Morgan fingerprint density at radius 1 is 0.439 bits per heavy atom. The third-order valence-corrected chi connectivity index (χ3v) is 10.5. The van der Waals surface area contributed by atoms with Crippen LogP contribution in [0.2, 0.25) is 0 Å². The van der Waals surface area contributed by atoms with Gasteiger partial charge in [0.15, 0.2) is 0 Å². The number of phenols is 1. The molecule has 10 rings (SSSR count). The Kier molecular flexibility index (Phi) is 9.64. The van der Waals surface area contributed by atoms with Crippen LogP contribution in [0.1, 0.15) is 0 Å². The number of aromatic hydroxyl groups is 1. The van der Waals surface area contributed by atoms with Gasteiger partial charge in [-0.05, 0) is 58.7 Å². The molecule has 5 heteroatoms. The summed E-state index contributed by atoms with van der Waals surface area (Å²) in [7, 11) is 0. The molecule has 0 saturated carbocycles. The Morgan fingerprint density at radius 3 is 1.81 bits per heavy atom. The van der Waals surface area contributed by atoms with Crippen molar-refractivity contribution in [3.8, 4) is 78.6 Å². The minimum atomic E-state index is 0. The van der Waals surface area contributed by atoms with E-state index in [0.717, 1.165) is 67.1 Å². The van der Waals surface area contributed by atoms with E-state index < -0.39 is 0 Å². The van der Waals surface area contributed by atoms with Gasteiger partial charge in [-0.2, -0.15) is 0 Å². The van der Waals surface area contributed by atoms with Crippen molar-refractivity contribution in [2.45, 2.75) is 0 Å². The van der Waals surface area contributed by atoms with E-state index in [1.807, 2.05) is 97.2 Å². The third-order valence-electron chi connectivity index (χ3n) is 10.5. The molecule has 1 N–H and O–H groups in total. The fraction of sp³-hybridized carbons (Fsp3) is 0. The number of hydrogen-bond acceptors (Lipinski definition) is 3. The second kappa shape index (κ2) is 15.3. The average molecular weight is 912 g/mol. The second-order valence-corrected chi connectivity index (χ2v) is 13.9. The topological polar surface area (TPSA) is 50.9 Å². The van der Waals surface area contributed by atoms with E-state index >= 15 is 0 Å². The SMILES string of the molecule is Oc1c(-c2ccccc2)cccc1-c1cc(-c2ccccc2)cc(-c2[c-]c(-c3cc(-c4cccc5c6ccccc6n(-c6ccccc6)c45)ccn3)ccc2)n1.[Pt]. The molecule has 0 aliphatic carbocycles. The van der Waals surface area contributed by atoms with Crippen LogP contribution in [-0.2, 0) is 21.1 Å². The zero-order valence-corrected chi connectivity index (χ0v) is 32.9. The minimum absolute atomic E-state index is 0. The molecule has 0 amide bonds. The summed E-state index contributed by atoms with van der Waals surface area (Å²) in [6.07, 6.45) is 1.88. The van der Waals surface area contributed by atoms with Gasteiger partial charge in [-0.3, -0.25) is 9.97 Å². The van der Waals surface area contributed by atoms with Crippen LogP contribution in [0, 0.1) is 6.07 Å². The summed E-state index contributed by atoms with van der Waals surface area (Å²) in [6.45, 7) is 0. The number of para-hydroxylation sites is 4. The molecule has 0 atom stereocenters. The molecule has 0 aliphatic heterocycles. The van der Waals surface area contributed by atoms with Crippen LogP contribution < -0.4 is 0 Å². The van der Waals surface area contributed by atoms with Crippen molar-refractivity contribution in [3.05, 3.63) is 206 Å². The standard InChI is InChI=1S/C52H34N3O.Pt/c56-52-43(36-17-6-2-7-18-36)25-14-27-46(52)49-34-40(35-15-4-1-5-16-35)33-48(54-49)39-20-12-19-38(31-39)47-32-37(29-30-53-47)42-24-13-26-45-44-23-10-11-28-50(44)55(51(42)45)41-21-8-3-9-22-41;/h1-30,32-34,56H;/q-1;. The third kappa shape index (κ3) is 6.65. The van der Waals surface area contributed by atoms with Gasteiger partial charge in [-0.1, -0.05) is 151 Å². The van der Waals surface area contributed by atoms with Gasteiger partial charge in [-0.15, -0.1) is 24.3 Å². The minimum Gasteiger partial charge on any atom is -0.507 e. The predicted molar refractivity (Wildman–Crippen MR) is 229 cm³/mol. The first-order valence-corrected chi connectivity index (χ1v) is 18.7. The second-order valence-electron chi connectivity index (χ2n) is 13.9. The molecule has 3 aromatic heterocycles. The van der Waals surface area contributed by atoms with Crippen molar-refractivity contribution >= 4 is 21.8 Å². The van der Waals surface area contributed by atoms with E-state index in [9.17, 15) is 5.11 Å². The van der Waals surface area contributed by atoms with E-state index in [1.165, 1.54) is 16.3 Å². The van der Waals surface area contributed by atoms with Gasteiger partial charge in [-0.25, -0.2) is 0 Å². The number of aromatic nitrogens is 3. The van der Waals surface area contributed by atoms with Crippen molar-refractivity contribution in [2.24, 2.45) is 0 Å². The monoisotopic (exact) mass is 911 g/mol. The first-order valence-electron chi connectivity index (χ1n) is 18.7. The van der Waals surface area contributed by atoms with Crippen LogP contribution in [-0.4, -0.2) is 19.6 Å². The molecule has 0 unspecified atom stereocenters. The summed E-state index contributed by atoms with van der Waals surface area (Å²) in [5.74, 6) is 0.197. The number of phenolic OH excluding ortho intramolecular Hbond substituents is 1. The Hall–Kier alpha value is -6.87. The van der Waals surface area contributed by atoms with Crippen LogP contribution in [0.15, 0.2) is 200 Å². The number of nitrogens with zero attached hydrogens (tertiary/aromatic N) is 3. The van der Waals surface area contributed by atoms with Gasteiger partial charge >= 0.3 is 0 Å². The molecule has 7 aromatic carbocycles. The van der Waals surface area contributed by atoms with Gasteiger partial charge in [0.25, 0.3) is 0 Å². The van der Waals surface area contributed by atoms with Crippen molar-refractivity contribution in [3.63, 3.8) is 0 Å². The fourth-order valence-corrected chi connectivity index (χ4v) is 7.81. The van der Waals surface area contributed by atoms with Crippen LogP contribution >= 0.6 is 0 Å². The van der Waals surface area contributed by atoms with Crippen molar-refractivity contribution in [2.75, 3.05) is 0 Å². The van der Waals surface area contributed by atoms with Crippen LogP contribution in [0.25, 0.3) is 94.6 Å². The van der Waals surface area contributed by atoms with Crippen molar-refractivity contribution < 1.29 is 26.2 Å². The van der Waals surface area contributed by atoms with E-state index in [0.29, 0.717) is 11.3 Å². The number of fused-ring (bicyclic) bond motifs is 3. The molecule has 274 valence electrons. The van der Waals surface area contributed by atoms with E-state index in [2.05, 4.69) is 114 Å². The van der Waals surface area contributed by atoms with Gasteiger partial charge in [0, 0.05) is 71.8 Å². The Morgan fingerprint density at radius 2 is 1.02 bits per heavy atom. The molecule has 3 heterocycles. The largest absolute Gasteiger partial charge is 0.507 e. The quantitative estimate of drug-likeness (QED) is 0.162. The van der Waals surface area contributed by atoms with E-state index in [-0.39, 0.29) is 26.8 Å². The summed E-state index contributed by atoms with van der Waals surface area (Å²) < 4.78 is 2.36. The fourth-order valence-electron chi connectivity index (χ4n) is 7.81. The summed E-state index contributed by atoms with van der Waals surface area (Å²) in [5, 5.41) is 14.1. The first-order chi connectivity index (χ1) is 27.7. The van der Waals surface area contributed by atoms with Crippen LogP contribution in [0.5, 0.6) is 5.75 Å². The number of pyridine rings is 2. The molecule has 0 radical (unpaired) electrons. The molecule has 4 nitrogen and oxygen atoms in total. The van der Waals surface area contributed by atoms with Crippen molar-refractivity contribution in [1.82, 2.24) is 14.5 Å². The van der Waals surface area contributed by atoms with Crippen LogP contribution in [0.4, 0.5) is 0 Å². The maximum atomic E-state index is 11.7. The van der Waals surface area contributed by atoms with Gasteiger partial charge < -0.3 is 9.67 Å². The summed E-state index contributed by atoms with van der Waals surface area (Å²) in [4.78, 5) is 10.0. The molecular formula is C52H34N3OPt-. The average Bonchev–Trinajstić information content (AvgIpc) is 3.62. The van der Waals surface area contributed by atoms with E-state index in [4.69, 9.17) is 9.97 Å². The Labute approximate surface area is 345 Å².